The van der Waals surface area contributed by atoms with Gasteiger partial charge in [-0.25, -0.2) is 4.79 Å². The van der Waals surface area contributed by atoms with Crippen LogP contribution in [0.4, 0.5) is 0 Å². The Hall–Kier alpha value is -2.49. The number of carbonyl (C=O) groups is 1. The van der Waals surface area contributed by atoms with E-state index in [1.807, 2.05) is 30.3 Å². The van der Waals surface area contributed by atoms with E-state index in [1.165, 1.54) is 20.0 Å². The van der Waals surface area contributed by atoms with Crippen LogP contribution in [0.3, 0.4) is 0 Å². The predicted octanol–water partition coefficient (Wildman–Crippen LogP) is 4.37. The Morgan fingerprint density at radius 2 is 1.79 bits per heavy atom. The lowest BCUT2D eigenvalue weighted by atomic mass is 10.2. The van der Waals surface area contributed by atoms with E-state index in [0.717, 1.165) is 18.4 Å². The first-order valence-corrected chi connectivity index (χ1v) is 8.32. The Labute approximate surface area is 142 Å². The first-order valence-electron chi connectivity index (χ1n) is 8.32. The first kappa shape index (κ1) is 16.4. The molecule has 0 radical (unpaired) electrons. The van der Waals surface area contributed by atoms with Crippen LogP contribution in [0.1, 0.15) is 41.6 Å². The van der Waals surface area contributed by atoms with Gasteiger partial charge in [0.25, 0.3) is 0 Å². The summed E-state index contributed by atoms with van der Waals surface area (Å²) in [6, 6.07) is 15.2. The SMILES string of the molecule is COC(=O)c1ccc(OCc2ccccc2)c(OC2CCCC2)c1. The van der Waals surface area contributed by atoms with Crippen LogP contribution in [0.25, 0.3) is 0 Å². The van der Waals surface area contributed by atoms with E-state index in [2.05, 4.69) is 0 Å². The van der Waals surface area contributed by atoms with Crippen LogP contribution >= 0.6 is 0 Å². The van der Waals surface area contributed by atoms with Crippen LogP contribution in [-0.2, 0) is 11.3 Å². The van der Waals surface area contributed by atoms with Gasteiger partial charge in [-0.05, 0) is 49.4 Å². The summed E-state index contributed by atoms with van der Waals surface area (Å²) in [5, 5.41) is 0. The summed E-state index contributed by atoms with van der Waals surface area (Å²) in [6.07, 6.45) is 4.64. The zero-order valence-corrected chi connectivity index (χ0v) is 13.9. The number of rotatable bonds is 6. The van der Waals surface area contributed by atoms with Crippen LogP contribution in [0.2, 0.25) is 0 Å². The zero-order chi connectivity index (χ0) is 16.8. The van der Waals surface area contributed by atoms with Gasteiger partial charge in [-0.1, -0.05) is 30.3 Å². The summed E-state index contributed by atoms with van der Waals surface area (Å²) in [4.78, 5) is 11.8. The molecule has 1 saturated carbocycles. The molecule has 0 N–H and O–H groups in total. The molecule has 0 atom stereocenters. The number of esters is 1. The van der Waals surface area contributed by atoms with Crippen molar-refractivity contribution in [1.29, 1.82) is 0 Å². The quantitative estimate of drug-likeness (QED) is 0.739. The van der Waals surface area contributed by atoms with Gasteiger partial charge in [0.1, 0.15) is 6.61 Å². The van der Waals surface area contributed by atoms with Gasteiger partial charge in [0.05, 0.1) is 18.8 Å². The molecule has 0 unspecified atom stereocenters. The molecule has 0 aliphatic heterocycles. The largest absolute Gasteiger partial charge is 0.487 e. The van der Waals surface area contributed by atoms with Crippen molar-refractivity contribution < 1.29 is 19.0 Å². The molecule has 0 aromatic heterocycles. The second kappa shape index (κ2) is 7.86. The van der Waals surface area contributed by atoms with Crippen LogP contribution < -0.4 is 9.47 Å². The normalized spacial score (nSPS) is 14.4. The summed E-state index contributed by atoms with van der Waals surface area (Å²) >= 11 is 0. The van der Waals surface area contributed by atoms with E-state index < -0.39 is 0 Å². The highest BCUT2D eigenvalue weighted by molar-refractivity contribution is 5.90. The summed E-state index contributed by atoms with van der Waals surface area (Å²) < 4.78 is 16.8. The number of hydrogen-bond donors (Lipinski definition) is 0. The fourth-order valence-corrected chi connectivity index (χ4v) is 2.89. The molecule has 126 valence electrons. The van der Waals surface area contributed by atoms with E-state index in [4.69, 9.17) is 14.2 Å². The highest BCUT2D eigenvalue weighted by atomic mass is 16.5. The molecule has 1 aliphatic rings. The molecule has 24 heavy (non-hydrogen) atoms. The molecule has 0 saturated heterocycles. The third-order valence-electron chi connectivity index (χ3n) is 4.20. The Bertz CT molecular complexity index is 675. The summed E-state index contributed by atoms with van der Waals surface area (Å²) in [7, 11) is 1.37. The third kappa shape index (κ3) is 4.07. The van der Waals surface area contributed by atoms with Gasteiger partial charge < -0.3 is 14.2 Å². The van der Waals surface area contributed by atoms with E-state index >= 15 is 0 Å². The van der Waals surface area contributed by atoms with Crippen molar-refractivity contribution in [2.45, 2.75) is 38.4 Å². The molecule has 0 spiro atoms. The molecule has 4 heteroatoms. The second-order valence-electron chi connectivity index (χ2n) is 5.95. The lowest BCUT2D eigenvalue weighted by molar-refractivity contribution is 0.0599. The van der Waals surface area contributed by atoms with Crippen LogP contribution in [0.5, 0.6) is 11.5 Å². The van der Waals surface area contributed by atoms with Crippen molar-refractivity contribution in [3.05, 3.63) is 59.7 Å². The van der Waals surface area contributed by atoms with Crippen molar-refractivity contribution >= 4 is 5.97 Å². The maximum atomic E-state index is 11.8. The van der Waals surface area contributed by atoms with Gasteiger partial charge in [-0.3, -0.25) is 0 Å². The predicted molar refractivity (Wildman–Crippen MR) is 91.4 cm³/mol. The fraction of sp³-hybridized carbons (Fsp3) is 0.350. The molecule has 2 aromatic rings. The Morgan fingerprint density at radius 1 is 1.04 bits per heavy atom. The third-order valence-corrected chi connectivity index (χ3v) is 4.20. The topological polar surface area (TPSA) is 44.8 Å². The minimum Gasteiger partial charge on any atom is -0.487 e. The van der Waals surface area contributed by atoms with Crippen molar-refractivity contribution in [1.82, 2.24) is 0 Å². The number of ether oxygens (including phenoxy) is 3. The van der Waals surface area contributed by atoms with Gasteiger partial charge in [-0.2, -0.15) is 0 Å². The van der Waals surface area contributed by atoms with Gasteiger partial charge >= 0.3 is 5.97 Å². The second-order valence-corrected chi connectivity index (χ2v) is 5.95. The molecule has 1 aliphatic carbocycles. The van der Waals surface area contributed by atoms with Crippen LogP contribution in [0.15, 0.2) is 48.5 Å². The molecular weight excluding hydrogens is 304 g/mol. The monoisotopic (exact) mass is 326 g/mol. The van der Waals surface area contributed by atoms with E-state index in [-0.39, 0.29) is 12.1 Å². The highest BCUT2D eigenvalue weighted by Crippen LogP contribution is 2.33. The van der Waals surface area contributed by atoms with Crippen LogP contribution in [0, 0.1) is 0 Å². The molecule has 1 fully saturated rings. The van der Waals surface area contributed by atoms with Gasteiger partial charge in [-0.15, -0.1) is 0 Å². The van der Waals surface area contributed by atoms with Crippen molar-refractivity contribution in [2.75, 3.05) is 7.11 Å². The van der Waals surface area contributed by atoms with Gasteiger partial charge in [0, 0.05) is 0 Å². The summed E-state index contributed by atoms with van der Waals surface area (Å²) in [5.74, 6) is 0.889. The molecular formula is C20H22O4. The van der Waals surface area contributed by atoms with E-state index in [1.54, 1.807) is 18.2 Å². The van der Waals surface area contributed by atoms with Crippen LogP contribution in [-0.4, -0.2) is 19.2 Å². The summed E-state index contributed by atoms with van der Waals surface area (Å²) in [5.41, 5.74) is 1.55. The molecule has 4 nitrogen and oxygen atoms in total. The van der Waals surface area contributed by atoms with Gasteiger partial charge in [0.2, 0.25) is 0 Å². The lowest BCUT2D eigenvalue weighted by Crippen LogP contribution is -2.13. The number of carbonyl (C=O) groups excluding carboxylic acids is 1. The standard InChI is InChI=1S/C20H22O4/c1-22-20(21)16-11-12-18(23-14-15-7-3-2-4-8-15)19(13-16)24-17-9-5-6-10-17/h2-4,7-8,11-13,17H,5-6,9-10,14H2,1H3. The minimum absolute atomic E-state index is 0.192. The molecule has 0 heterocycles. The Balaban J connectivity index is 1.78. The Kier molecular flexibility index (Phi) is 5.36. The Morgan fingerprint density at radius 3 is 2.50 bits per heavy atom. The number of methoxy groups -OCH3 is 1. The van der Waals surface area contributed by atoms with E-state index in [9.17, 15) is 4.79 Å². The van der Waals surface area contributed by atoms with Crippen molar-refractivity contribution in [2.24, 2.45) is 0 Å². The van der Waals surface area contributed by atoms with Crippen molar-refractivity contribution in [3.8, 4) is 11.5 Å². The smallest absolute Gasteiger partial charge is 0.337 e. The molecule has 3 rings (SSSR count). The average Bonchev–Trinajstić information content (AvgIpc) is 3.14. The maximum absolute atomic E-state index is 11.8. The fourth-order valence-electron chi connectivity index (χ4n) is 2.89. The maximum Gasteiger partial charge on any atom is 0.337 e. The van der Waals surface area contributed by atoms with Gasteiger partial charge in [0.15, 0.2) is 11.5 Å². The number of hydrogen-bond acceptors (Lipinski definition) is 4. The number of benzene rings is 2. The average molecular weight is 326 g/mol. The first-order chi connectivity index (χ1) is 11.8. The molecule has 2 aromatic carbocycles. The zero-order valence-electron chi connectivity index (χ0n) is 13.9. The van der Waals surface area contributed by atoms with Crippen molar-refractivity contribution in [3.63, 3.8) is 0 Å². The minimum atomic E-state index is -0.374. The molecule has 0 amide bonds. The summed E-state index contributed by atoms with van der Waals surface area (Å²) in [6.45, 7) is 0.458. The molecule has 0 bridgehead atoms. The van der Waals surface area contributed by atoms with E-state index in [0.29, 0.717) is 23.7 Å². The lowest BCUT2D eigenvalue weighted by Gasteiger charge is -2.17. The highest BCUT2D eigenvalue weighted by Gasteiger charge is 2.20.